The van der Waals surface area contributed by atoms with Crippen LogP contribution in [-0.2, 0) is 19.9 Å². The first-order chi connectivity index (χ1) is 10.2. The van der Waals surface area contributed by atoms with Crippen molar-refractivity contribution in [3.05, 3.63) is 28.8 Å². The molecular formula is C13H19ClN2O5S2. The molecular weight excluding hydrogens is 364 g/mol. The van der Waals surface area contributed by atoms with E-state index in [0.717, 1.165) is 12.5 Å². The van der Waals surface area contributed by atoms with E-state index in [2.05, 4.69) is 10.0 Å². The van der Waals surface area contributed by atoms with Gasteiger partial charge in [-0.15, -0.1) is 0 Å². The summed E-state index contributed by atoms with van der Waals surface area (Å²) in [5.74, 6) is -0.695. The summed E-state index contributed by atoms with van der Waals surface area (Å²) in [6.45, 7) is 3.12. The maximum atomic E-state index is 12.3. The Morgan fingerprint density at radius 1 is 1.17 bits per heavy atom. The molecule has 0 spiro atoms. The molecule has 130 valence electrons. The van der Waals surface area contributed by atoms with Crippen LogP contribution in [0.2, 0.25) is 5.02 Å². The highest BCUT2D eigenvalue weighted by Gasteiger charge is 2.26. The summed E-state index contributed by atoms with van der Waals surface area (Å²) >= 11 is 5.95. The van der Waals surface area contributed by atoms with Crippen molar-refractivity contribution < 1.29 is 21.6 Å². The van der Waals surface area contributed by atoms with Gasteiger partial charge in [0.2, 0.25) is 10.0 Å². The lowest BCUT2D eigenvalue weighted by atomic mass is 10.1. The number of hydrogen-bond acceptors (Lipinski definition) is 5. The van der Waals surface area contributed by atoms with Crippen LogP contribution >= 0.6 is 11.6 Å². The van der Waals surface area contributed by atoms with Gasteiger partial charge in [0.25, 0.3) is 5.91 Å². The summed E-state index contributed by atoms with van der Waals surface area (Å²) in [7, 11) is -7.10. The van der Waals surface area contributed by atoms with E-state index in [-0.39, 0.29) is 22.0 Å². The van der Waals surface area contributed by atoms with Gasteiger partial charge in [0, 0.05) is 18.3 Å². The van der Waals surface area contributed by atoms with Crippen molar-refractivity contribution in [1.29, 1.82) is 0 Å². The largest absolute Gasteiger partial charge is 0.350 e. The molecule has 0 atom stereocenters. The van der Waals surface area contributed by atoms with Crippen molar-refractivity contribution in [2.75, 3.05) is 19.1 Å². The van der Waals surface area contributed by atoms with Crippen LogP contribution in [0.3, 0.4) is 0 Å². The van der Waals surface area contributed by atoms with Gasteiger partial charge in [0.1, 0.15) is 0 Å². The molecule has 0 unspecified atom stereocenters. The molecule has 0 aromatic heterocycles. The Morgan fingerprint density at radius 3 is 2.22 bits per heavy atom. The number of sulfonamides is 1. The van der Waals surface area contributed by atoms with Crippen LogP contribution in [0.4, 0.5) is 0 Å². The lowest BCUT2D eigenvalue weighted by Gasteiger charge is -2.25. The number of nitrogens with one attached hydrogen (secondary N) is 2. The van der Waals surface area contributed by atoms with Gasteiger partial charge < -0.3 is 5.32 Å². The molecule has 1 amide bonds. The first kappa shape index (κ1) is 19.9. The fourth-order valence-corrected chi connectivity index (χ4v) is 4.25. The molecule has 0 aliphatic heterocycles. The van der Waals surface area contributed by atoms with Crippen molar-refractivity contribution in [3.8, 4) is 0 Å². The first-order valence-corrected chi connectivity index (χ1v) is 10.6. The maximum Gasteiger partial charge on any atom is 0.254 e. The fourth-order valence-electron chi connectivity index (χ4n) is 1.96. The Hall–Kier alpha value is -1.16. The van der Waals surface area contributed by atoms with Crippen molar-refractivity contribution in [3.63, 3.8) is 0 Å². The Labute approximate surface area is 141 Å². The molecule has 0 heterocycles. The number of sulfone groups is 1. The molecule has 2 N–H and O–H groups in total. The van der Waals surface area contributed by atoms with Crippen molar-refractivity contribution in [2.45, 2.75) is 24.3 Å². The van der Waals surface area contributed by atoms with E-state index in [1.165, 1.54) is 18.2 Å². The predicted molar refractivity (Wildman–Crippen MR) is 89.0 cm³/mol. The zero-order chi connectivity index (χ0) is 18.1. The van der Waals surface area contributed by atoms with Gasteiger partial charge >= 0.3 is 0 Å². The zero-order valence-corrected chi connectivity index (χ0v) is 15.6. The molecule has 7 nitrogen and oxygen atoms in total. The van der Waals surface area contributed by atoms with E-state index < -0.39 is 31.3 Å². The second-order valence-corrected chi connectivity index (χ2v) is 9.97. The third-order valence-electron chi connectivity index (χ3n) is 2.75. The standard InChI is InChI=1S/C13H19ClN2O5S2/c1-13(2,16-23(4,20)21)8-15-12(17)11-9(14)6-5-7-10(11)22(3,18)19/h5-7,16H,8H2,1-4H3,(H,15,17). The van der Waals surface area contributed by atoms with Crippen LogP contribution in [-0.4, -0.2) is 47.3 Å². The Kier molecular flexibility index (Phi) is 5.84. The Balaban J connectivity index is 3.05. The van der Waals surface area contributed by atoms with Crippen LogP contribution < -0.4 is 10.0 Å². The minimum Gasteiger partial charge on any atom is -0.350 e. The van der Waals surface area contributed by atoms with Crippen molar-refractivity contribution in [1.82, 2.24) is 10.0 Å². The smallest absolute Gasteiger partial charge is 0.254 e. The summed E-state index contributed by atoms with van der Waals surface area (Å²) in [5.41, 5.74) is -1.11. The van der Waals surface area contributed by atoms with Gasteiger partial charge in [-0.05, 0) is 26.0 Å². The molecule has 1 rings (SSSR count). The van der Waals surface area contributed by atoms with E-state index >= 15 is 0 Å². The molecule has 1 aromatic rings. The molecule has 0 saturated heterocycles. The molecule has 0 bridgehead atoms. The monoisotopic (exact) mass is 382 g/mol. The lowest BCUT2D eigenvalue weighted by Crippen LogP contribution is -2.51. The van der Waals surface area contributed by atoms with Gasteiger partial charge in [-0.3, -0.25) is 4.79 Å². The van der Waals surface area contributed by atoms with Gasteiger partial charge in [-0.25, -0.2) is 21.6 Å². The number of rotatable bonds is 6. The van der Waals surface area contributed by atoms with E-state index in [1.807, 2.05) is 0 Å². The molecule has 1 aromatic carbocycles. The number of amides is 1. The quantitative estimate of drug-likeness (QED) is 0.756. The van der Waals surface area contributed by atoms with E-state index in [9.17, 15) is 21.6 Å². The Morgan fingerprint density at radius 2 is 1.74 bits per heavy atom. The molecule has 10 heteroatoms. The van der Waals surface area contributed by atoms with Gasteiger partial charge in [-0.1, -0.05) is 17.7 Å². The topological polar surface area (TPSA) is 109 Å². The summed E-state index contributed by atoms with van der Waals surface area (Å²) in [6.07, 6.45) is 1.98. The third-order valence-corrected chi connectivity index (χ3v) is 5.13. The minimum atomic E-state index is -3.64. The van der Waals surface area contributed by atoms with E-state index in [1.54, 1.807) is 13.8 Å². The number of halogens is 1. The maximum absolute atomic E-state index is 12.3. The van der Waals surface area contributed by atoms with Crippen LogP contribution in [0, 0.1) is 0 Å². The SMILES string of the molecule is CC(C)(CNC(=O)c1c(Cl)cccc1S(C)(=O)=O)NS(C)(=O)=O. The third kappa shape index (κ3) is 6.09. The van der Waals surface area contributed by atoms with Gasteiger partial charge in [0.15, 0.2) is 9.84 Å². The van der Waals surface area contributed by atoms with Crippen molar-refractivity contribution in [2.24, 2.45) is 0 Å². The summed E-state index contributed by atoms with van der Waals surface area (Å²) in [6, 6.07) is 4.13. The highest BCUT2D eigenvalue weighted by Crippen LogP contribution is 2.24. The Bertz CT molecular complexity index is 817. The number of carbonyl (C=O) groups excluding carboxylic acids is 1. The van der Waals surface area contributed by atoms with Crippen LogP contribution in [0.15, 0.2) is 23.1 Å². The van der Waals surface area contributed by atoms with Crippen LogP contribution in [0.5, 0.6) is 0 Å². The molecule has 0 aliphatic rings. The summed E-state index contributed by atoms with van der Waals surface area (Å²) in [4.78, 5) is 12.1. The minimum absolute atomic E-state index is 0.000645. The molecule has 0 radical (unpaired) electrons. The second-order valence-electron chi connectivity index (χ2n) is 5.83. The van der Waals surface area contributed by atoms with Gasteiger partial charge in [-0.2, -0.15) is 0 Å². The second kappa shape index (κ2) is 6.76. The first-order valence-electron chi connectivity index (χ1n) is 6.49. The highest BCUT2D eigenvalue weighted by molar-refractivity contribution is 7.90. The average Bonchev–Trinajstić information content (AvgIpc) is 2.31. The molecule has 0 aliphatic carbocycles. The molecule has 23 heavy (non-hydrogen) atoms. The molecule has 0 fully saturated rings. The van der Waals surface area contributed by atoms with E-state index in [4.69, 9.17) is 11.6 Å². The van der Waals surface area contributed by atoms with Crippen LogP contribution in [0.25, 0.3) is 0 Å². The number of carbonyl (C=O) groups is 1. The summed E-state index contributed by atoms with van der Waals surface area (Å²) < 4.78 is 48.5. The normalized spacial score (nSPS) is 12.9. The number of hydrogen-bond donors (Lipinski definition) is 2. The lowest BCUT2D eigenvalue weighted by molar-refractivity contribution is 0.0941. The average molecular weight is 383 g/mol. The summed E-state index contributed by atoms with van der Waals surface area (Å²) in [5, 5.41) is 2.50. The fraction of sp³-hybridized carbons (Fsp3) is 0.462. The predicted octanol–water partition coefficient (Wildman–Crippen LogP) is 0.801. The zero-order valence-electron chi connectivity index (χ0n) is 13.2. The van der Waals surface area contributed by atoms with E-state index in [0.29, 0.717) is 0 Å². The highest BCUT2D eigenvalue weighted by atomic mass is 35.5. The number of benzene rings is 1. The van der Waals surface area contributed by atoms with Crippen molar-refractivity contribution >= 4 is 37.4 Å². The molecule has 0 saturated carbocycles. The van der Waals surface area contributed by atoms with Crippen LogP contribution in [0.1, 0.15) is 24.2 Å². The van der Waals surface area contributed by atoms with Gasteiger partial charge in [0.05, 0.1) is 21.7 Å².